The van der Waals surface area contributed by atoms with Crippen LogP contribution in [0, 0.1) is 0 Å². The highest BCUT2D eigenvalue weighted by molar-refractivity contribution is 5.81. The van der Waals surface area contributed by atoms with Crippen LogP contribution in [-0.4, -0.2) is 28.6 Å². The molecule has 2 aliphatic rings. The van der Waals surface area contributed by atoms with E-state index in [2.05, 4.69) is 6.58 Å². The molecule has 16 heavy (non-hydrogen) atoms. The van der Waals surface area contributed by atoms with E-state index in [-0.39, 0.29) is 6.10 Å². The summed E-state index contributed by atoms with van der Waals surface area (Å²) in [6, 6.07) is 0. The standard InChI is InChI=1S/C12H18O4/c1-3-10(13)16-12-7-5-4-6-9(12)15-11(2,14)8-12/h3,9,14H,1,4-8H2,2H3. The Morgan fingerprint density at radius 2 is 2.38 bits per heavy atom. The predicted octanol–water partition coefficient (Wildman–Crippen LogP) is 1.53. The van der Waals surface area contributed by atoms with Crippen molar-refractivity contribution in [2.75, 3.05) is 0 Å². The van der Waals surface area contributed by atoms with Crippen molar-refractivity contribution in [3.63, 3.8) is 0 Å². The predicted molar refractivity (Wildman–Crippen MR) is 57.6 cm³/mol. The molecule has 1 saturated carbocycles. The molecule has 1 N–H and O–H groups in total. The van der Waals surface area contributed by atoms with Crippen LogP contribution in [0.5, 0.6) is 0 Å². The second kappa shape index (κ2) is 3.86. The highest BCUT2D eigenvalue weighted by atomic mass is 16.7. The zero-order valence-corrected chi connectivity index (χ0v) is 9.57. The van der Waals surface area contributed by atoms with E-state index in [0.717, 1.165) is 31.8 Å². The molecule has 4 nitrogen and oxygen atoms in total. The van der Waals surface area contributed by atoms with Crippen molar-refractivity contribution in [1.29, 1.82) is 0 Å². The third-order valence-electron chi connectivity index (χ3n) is 3.40. The van der Waals surface area contributed by atoms with Gasteiger partial charge in [0.25, 0.3) is 0 Å². The molecule has 90 valence electrons. The average molecular weight is 226 g/mol. The SMILES string of the molecule is C=CC(=O)OC12CCCCC1OC(C)(O)C2. The Kier molecular flexibility index (Phi) is 2.80. The maximum atomic E-state index is 11.4. The summed E-state index contributed by atoms with van der Waals surface area (Å²) in [4.78, 5) is 11.4. The minimum atomic E-state index is -1.18. The lowest BCUT2D eigenvalue weighted by molar-refractivity contribution is -0.188. The van der Waals surface area contributed by atoms with E-state index in [4.69, 9.17) is 9.47 Å². The van der Waals surface area contributed by atoms with Crippen molar-refractivity contribution in [3.8, 4) is 0 Å². The van der Waals surface area contributed by atoms with Crippen molar-refractivity contribution in [3.05, 3.63) is 12.7 Å². The van der Waals surface area contributed by atoms with Crippen molar-refractivity contribution in [1.82, 2.24) is 0 Å². The van der Waals surface area contributed by atoms with Gasteiger partial charge in [-0.15, -0.1) is 0 Å². The van der Waals surface area contributed by atoms with Crippen molar-refractivity contribution in [2.24, 2.45) is 0 Å². The van der Waals surface area contributed by atoms with Crippen LogP contribution in [0.15, 0.2) is 12.7 Å². The molecule has 0 aromatic carbocycles. The molecule has 0 bridgehead atoms. The van der Waals surface area contributed by atoms with Gasteiger partial charge in [0, 0.05) is 12.5 Å². The zero-order valence-electron chi connectivity index (χ0n) is 9.57. The lowest BCUT2D eigenvalue weighted by atomic mass is 9.80. The van der Waals surface area contributed by atoms with Crippen LogP contribution >= 0.6 is 0 Å². The summed E-state index contributed by atoms with van der Waals surface area (Å²) in [7, 11) is 0. The van der Waals surface area contributed by atoms with E-state index in [9.17, 15) is 9.90 Å². The van der Waals surface area contributed by atoms with Gasteiger partial charge in [0.1, 0.15) is 11.7 Å². The summed E-state index contributed by atoms with van der Waals surface area (Å²) in [5.74, 6) is -1.62. The zero-order chi connectivity index (χ0) is 11.8. The third kappa shape index (κ3) is 1.99. The highest BCUT2D eigenvalue weighted by Gasteiger charge is 2.56. The van der Waals surface area contributed by atoms with Crippen LogP contribution < -0.4 is 0 Å². The lowest BCUT2D eigenvalue weighted by Crippen LogP contribution is -2.45. The van der Waals surface area contributed by atoms with Gasteiger partial charge >= 0.3 is 5.97 Å². The molecular weight excluding hydrogens is 208 g/mol. The molecule has 1 saturated heterocycles. The van der Waals surface area contributed by atoms with E-state index in [1.807, 2.05) is 0 Å². The molecule has 0 radical (unpaired) electrons. The van der Waals surface area contributed by atoms with Crippen molar-refractivity contribution in [2.45, 2.75) is 56.5 Å². The van der Waals surface area contributed by atoms with Crippen LogP contribution in [0.3, 0.4) is 0 Å². The van der Waals surface area contributed by atoms with Crippen LogP contribution in [0.1, 0.15) is 39.0 Å². The third-order valence-corrected chi connectivity index (χ3v) is 3.40. The number of ether oxygens (including phenoxy) is 2. The molecule has 0 aromatic rings. The number of esters is 1. The van der Waals surface area contributed by atoms with E-state index < -0.39 is 17.4 Å². The summed E-state index contributed by atoms with van der Waals surface area (Å²) < 4.78 is 11.0. The molecule has 0 spiro atoms. The van der Waals surface area contributed by atoms with Gasteiger partial charge in [-0.25, -0.2) is 4.79 Å². The minimum absolute atomic E-state index is 0.180. The highest BCUT2D eigenvalue weighted by Crippen LogP contribution is 2.47. The quantitative estimate of drug-likeness (QED) is 0.573. The molecule has 1 aliphatic carbocycles. The summed E-state index contributed by atoms with van der Waals surface area (Å²) in [5.41, 5.74) is -0.646. The second-order valence-corrected chi connectivity index (χ2v) is 4.89. The molecule has 0 aromatic heterocycles. The largest absolute Gasteiger partial charge is 0.453 e. The Hall–Kier alpha value is -0.870. The lowest BCUT2D eigenvalue weighted by Gasteiger charge is -2.36. The number of rotatable bonds is 2. The molecule has 1 heterocycles. The van der Waals surface area contributed by atoms with Gasteiger partial charge in [0.05, 0.1) is 0 Å². The molecule has 2 fully saturated rings. The van der Waals surface area contributed by atoms with Gasteiger partial charge in [-0.3, -0.25) is 0 Å². The topological polar surface area (TPSA) is 55.8 Å². The van der Waals surface area contributed by atoms with Crippen LogP contribution in [-0.2, 0) is 14.3 Å². The molecule has 1 aliphatic heterocycles. The van der Waals surface area contributed by atoms with E-state index in [0.29, 0.717) is 6.42 Å². The Balaban J connectivity index is 2.20. The van der Waals surface area contributed by atoms with Crippen LogP contribution in [0.2, 0.25) is 0 Å². The first-order valence-corrected chi connectivity index (χ1v) is 5.73. The first-order valence-electron chi connectivity index (χ1n) is 5.73. The smallest absolute Gasteiger partial charge is 0.330 e. The minimum Gasteiger partial charge on any atom is -0.453 e. The number of carbonyl (C=O) groups is 1. The second-order valence-electron chi connectivity index (χ2n) is 4.89. The number of hydrogen-bond acceptors (Lipinski definition) is 4. The van der Waals surface area contributed by atoms with Gasteiger partial charge < -0.3 is 14.6 Å². The van der Waals surface area contributed by atoms with Crippen LogP contribution in [0.4, 0.5) is 0 Å². The first kappa shape index (κ1) is 11.6. The Labute approximate surface area is 95.2 Å². The van der Waals surface area contributed by atoms with Gasteiger partial charge in [0.15, 0.2) is 5.79 Å². The maximum absolute atomic E-state index is 11.4. The molecule has 0 amide bonds. The number of aliphatic hydroxyl groups is 1. The average Bonchev–Trinajstić information content (AvgIpc) is 2.47. The monoisotopic (exact) mass is 226 g/mol. The fourth-order valence-electron chi connectivity index (χ4n) is 2.84. The molecule has 4 heteroatoms. The summed E-state index contributed by atoms with van der Waals surface area (Å²) in [6.07, 6.45) is 4.97. The Morgan fingerprint density at radius 1 is 1.62 bits per heavy atom. The normalized spacial score (nSPS) is 42.5. The maximum Gasteiger partial charge on any atom is 0.330 e. The van der Waals surface area contributed by atoms with Crippen LogP contribution in [0.25, 0.3) is 0 Å². The van der Waals surface area contributed by atoms with Gasteiger partial charge in [0.2, 0.25) is 0 Å². The van der Waals surface area contributed by atoms with Gasteiger partial charge in [-0.05, 0) is 26.2 Å². The summed E-state index contributed by atoms with van der Waals surface area (Å²) in [5, 5.41) is 9.94. The summed E-state index contributed by atoms with van der Waals surface area (Å²) in [6.45, 7) is 5.02. The molecule has 3 atom stereocenters. The number of hydrogen-bond donors (Lipinski definition) is 1. The Morgan fingerprint density at radius 3 is 3.06 bits per heavy atom. The van der Waals surface area contributed by atoms with Crippen molar-refractivity contribution >= 4 is 5.97 Å². The van der Waals surface area contributed by atoms with E-state index in [1.54, 1.807) is 6.92 Å². The van der Waals surface area contributed by atoms with E-state index >= 15 is 0 Å². The first-order chi connectivity index (χ1) is 7.47. The van der Waals surface area contributed by atoms with Gasteiger partial charge in [-0.2, -0.15) is 0 Å². The molecule has 3 unspecified atom stereocenters. The number of fused-ring (bicyclic) bond motifs is 1. The fraction of sp³-hybridized carbons (Fsp3) is 0.750. The number of carbonyl (C=O) groups excluding carboxylic acids is 1. The van der Waals surface area contributed by atoms with E-state index in [1.165, 1.54) is 0 Å². The Bertz CT molecular complexity index is 310. The summed E-state index contributed by atoms with van der Waals surface area (Å²) >= 11 is 0. The van der Waals surface area contributed by atoms with Crippen molar-refractivity contribution < 1.29 is 19.4 Å². The van der Waals surface area contributed by atoms with Gasteiger partial charge in [-0.1, -0.05) is 13.0 Å². The molecule has 2 rings (SSSR count). The fourth-order valence-corrected chi connectivity index (χ4v) is 2.84. The molecular formula is C12H18O4.